The summed E-state index contributed by atoms with van der Waals surface area (Å²) in [4.78, 5) is 43.8. The first-order valence-corrected chi connectivity index (χ1v) is 13.6. The Labute approximate surface area is 223 Å². The number of hydrogen-bond donors (Lipinski definition) is 2. The van der Waals surface area contributed by atoms with Crippen LogP contribution in [0.25, 0.3) is 0 Å². The van der Waals surface area contributed by atoms with Gasteiger partial charge in [0.1, 0.15) is 28.4 Å². The Morgan fingerprint density at radius 2 is 2.06 bits per heavy atom. The summed E-state index contributed by atoms with van der Waals surface area (Å²) in [5.41, 5.74) is 2.40. The number of ether oxygens (including phenoxy) is 2. The van der Waals surface area contributed by atoms with Crippen molar-refractivity contribution in [2.75, 3.05) is 6.54 Å². The second-order valence-corrected chi connectivity index (χ2v) is 12.0. The van der Waals surface area contributed by atoms with Crippen molar-refractivity contribution in [3.63, 3.8) is 0 Å². The topological polar surface area (TPSA) is 110 Å². The highest BCUT2D eigenvalue weighted by Crippen LogP contribution is 2.40. The van der Waals surface area contributed by atoms with Crippen molar-refractivity contribution in [3.8, 4) is 0 Å². The van der Waals surface area contributed by atoms with E-state index in [9.17, 15) is 14.4 Å². The lowest BCUT2D eigenvalue weighted by molar-refractivity contribution is -0.161. The zero-order chi connectivity index (χ0) is 25.9. The fourth-order valence-electron chi connectivity index (χ4n) is 4.60. The Hall–Kier alpha value is -2.50. The van der Waals surface area contributed by atoms with Gasteiger partial charge in [-0.1, -0.05) is 30.3 Å². The molecule has 2 amide bonds. The van der Waals surface area contributed by atoms with E-state index in [1.54, 1.807) is 20.8 Å². The predicted molar refractivity (Wildman–Crippen MR) is 138 cm³/mol. The number of benzene rings is 1. The van der Waals surface area contributed by atoms with Crippen LogP contribution >= 0.6 is 27.3 Å². The molecule has 36 heavy (non-hydrogen) atoms. The second kappa shape index (κ2) is 10.9. The predicted octanol–water partition coefficient (Wildman–Crippen LogP) is 3.97. The maximum atomic E-state index is 13.7. The molecule has 0 unspecified atom stereocenters. The van der Waals surface area contributed by atoms with Gasteiger partial charge in [0.15, 0.2) is 0 Å². The number of alkyl carbamates (subject to hydrolysis) is 1. The van der Waals surface area contributed by atoms with Gasteiger partial charge in [-0.3, -0.25) is 9.80 Å². The average molecular weight is 580 g/mol. The van der Waals surface area contributed by atoms with E-state index in [1.165, 1.54) is 16.3 Å². The van der Waals surface area contributed by atoms with E-state index < -0.39 is 23.3 Å². The number of fused-ring (bicyclic) bond motifs is 2. The van der Waals surface area contributed by atoms with E-state index in [0.717, 1.165) is 12.0 Å². The second-order valence-electron chi connectivity index (χ2n) is 10.3. The van der Waals surface area contributed by atoms with Crippen LogP contribution in [0, 0.1) is 5.92 Å². The standard InChI is InChI=1S/C25H31BrN4O5S/c1-24(2,3)35-23(33)27-18(11-20-28-19(26)15-36-20)21(31)30-13-17-9-10-25(12-17,29-30)22(32)34-14-16-7-5-4-6-8-16/h4-8,15,17-18,29H,9-14H2,1-3H3,(H,27,33)/t17-,18+,25+/m1/s1. The Morgan fingerprint density at radius 3 is 2.72 bits per heavy atom. The van der Waals surface area contributed by atoms with Gasteiger partial charge >= 0.3 is 12.1 Å². The van der Waals surface area contributed by atoms with Crippen molar-refractivity contribution in [2.24, 2.45) is 5.92 Å². The summed E-state index contributed by atoms with van der Waals surface area (Å²) in [6.45, 7) is 5.90. The van der Waals surface area contributed by atoms with E-state index in [0.29, 0.717) is 29.0 Å². The zero-order valence-electron chi connectivity index (χ0n) is 20.6. The molecule has 1 saturated heterocycles. The van der Waals surface area contributed by atoms with Crippen LogP contribution in [0.15, 0.2) is 40.3 Å². The first kappa shape index (κ1) is 26.6. The fraction of sp³-hybridized carbons (Fsp3) is 0.520. The first-order valence-electron chi connectivity index (χ1n) is 11.9. The van der Waals surface area contributed by atoms with Crippen LogP contribution in [0.2, 0.25) is 0 Å². The van der Waals surface area contributed by atoms with Crippen molar-refractivity contribution < 1.29 is 23.9 Å². The molecule has 9 nitrogen and oxygen atoms in total. The molecule has 2 aliphatic rings. The normalized spacial score (nSPS) is 22.1. The third-order valence-corrected chi connectivity index (χ3v) is 7.75. The largest absolute Gasteiger partial charge is 0.459 e. The summed E-state index contributed by atoms with van der Waals surface area (Å²) < 4.78 is 11.7. The molecule has 0 radical (unpaired) electrons. The molecule has 4 rings (SSSR count). The number of esters is 1. The SMILES string of the molecule is CC(C)(C)OC(=O)N[C@@H](Cc1nc(Br)cs1)C(=O)N1C[C@@H]2CC[C@@](C(=O)OCc3ccccc3)(C2)N1. The summed E-state index contributed by atoms with van der Waals surface area (Å²) in [5.74, 6) is -0.554. The van der Waals surface area contributed by atoms with Gasteiger partial charge in [0.05, 0.1) is 5.01 Å². The molecule has 3 atom stereocenters. The molecule has 0 spiro atoms. The van der Waals surface area contributed by atoms with Crippen LogP contribution in [0.4, 0.5) is 4.79 Å². The number of rotatable bonds is 7. The van der Waals surface area contributed by atoms with Crippen LogP contribution in [0.1, 0.15) is 50.6 Å². The van der Waals surface area contributed by atoms with Crippen molar-refractivity contribution in [2.45, 2.75) is 70.2 Å². The number of halogens is 1. The molecule has 2 fully saturated rings. The molecule has 1 aliphatic heterocycles. The lowest BCUT2D eigenvalue weighted by atomic mass is 9.94. The summed E-state index contributed by atoms with van der Waals surface area (Å²) in [7, 11) is 0. The number of thiazole rings is 1. The number of carbonyl (C=O) groups is 3. The number of hydrazine groups is 1. The molecule has 1 aliphatic carbocycles. The Morgan fingerprint density at radius 1 is 1.31 bits per heavy atom. The van der Waals surface area contributed by atoms with E-state index >= 15 is 0 Å². The maximum Gasteiger partial charge on any atom is 0.408 e. The molecule has 1 aromatic carbocycles. The van der Waals surface area contributed by atoms with E-state index in [4.69, 9.17) is 9.47 Å². The van der Waals surface area contributed by atoms with E-state index in [-0.39, 0.29) is 30.8 Å². The van der Waals surface area contributed by atoms with Gasteiger partial charge in [-0.2, -0.15) is 0 Å². The third kappa shape index (κ3) is 6.63. The number of amides is 2. The molecule has 2 N–H and O–H groups in total. The highest BCUT2D eigenvalue weighted by Gasteiger charge is 2.52. The lowest BCUT2D eigenvalue weighted by Crippen LogP contribution is -2.66. The smallest absolute Gasteiger partial charge is 0.408 e. The van der Waals surface area contributed by atoms with Crippen LogP contribution in [0.3, 0.4) is 0 Å². The lowest BCUT2D eigenvalue weighted by Gasteiger charge is -2.40. The summed E-state index contributed by atoms with van der Waals surface area (Å²) in [6.07, 6.45) is 1.50. The first-order chi connectivity index (χ1) is 17.0. The van der Waals surface area contributed by atoms with Crippen LogP contribution < -0.4 is 10.7 Å². The fourth-order valence-corrected chi connectivity index (χ4v) is 5.91. The minimum Gasteiger partial charge on any atom is -0.459 e. The highest BCUT2D eigenvalue weighted by atomic mass is 79.9. The van der Waals surface area contributed by atoms with Gasteiger partial charge in [-0.15, -0.1) is 11.3 Å². The molecule has 194 valence electrons. The summed E-state index contributed by atoms with van der Waals surface area (Å²) >= 11 is 4.72. The third-order valence-electron chi connectivity index (χ3n) is 6.17. The zero-order valence-corrected chi connectivity index (χ0v) is 23.0. The Balaban J connectivity index is 1.48. The molecule has 1 aromatic heterocycles. The summed E-state index contributed by atoms with van der Waals surface area (Å²) in [5, 5.41) is 6.69. The molecular weight excluding hydrogens is 548 g/mol. The quantitative estimate of drug-likeness (QED) is 0.478. The van der Waals surface area contributed by atoms with E-state index in [1.807, 2.05) is 35.7 Å². The van der Waals surface area contributed by atoms with Crippen molar-refractivity contribution in [1.29, 1.82) is 0 Å². The number of nitrogens with zero attached hydrogens (tertiary/aromatic N) is 2. The van der Waals surface area contributed by atoms with Crippen molar-refractivity contribution >= 4 is 45.2 Å². The van der Waals surface area contributed by atoms with Crippen molar-refractivity contribution in [1.82, 2.24) is 20.7 Å². The molecule has 2 bridgehead atoms. The Kier molecular flexibility index (Phi) is 8.01. The molecule has 2 aromatic rings. The van der Waals surface area contributed by atoms with Gasteiger partial charge in [-0.05, 0) is 67.4 Å². The van der Waals surface area contributed by atoms with Gasteiger partial charge in [0.2, 0.25) is 0 Å². The molecule has 11 heteroatoms. The van der Waals surface area contributed by atoms with Crippen molar-refractivity contribution in [3.05, 3.63) is 50.9 Å². The average Bonchev–Trinajstić information content (AvgIpc) is 3.37. The highest BCUT2D eigenvalue weighted by molar-refractivity contribution is 9.10. The monoisotopic (exact) mass is 578 g/mol. The maximum absolute atomic E-state index is 13.7. The van der Waals surface area contributed by atoms with E-state index in [2.05, 4.69) is 31.7 Å². The van der Waals surface area contributed by atoms with Crippen LogP contribution in [-0.2, 0) is 32.1 Å². The van der Waals surface area contributed by atoms with Gasteiger partial charge in [0.25, 0.3) is 5.91 Å². The van der Waals surface area contributed by atoms with Gasteiger partial charge < -0.3 is 14.8 Å². The van der Waals surface area contributed by atoms with Gasteiger partial charge in [0, 0.05) is 18.3 Å². The molecular formula is C25H31BrN4O5S. The van der Waals surface area contributed by atoms with Crippen LogP contribution in [0.5, 0.6) is 0 Å². The van der Waals surface area contributed by atoms with Crippen LogP contribution in [-0.4, -0.2) is 51.7 Å². The number of carbonyl (C=O) groups excluding carboxylic acids is 3. The number of aromatic nitrogens is 1. The Bertz CT molecular complexity index is 1110. The molecule has 1 saturated carbocycles. The molecule has 2 heterocycles. The van der Waals surface area contributed by atoms with Gasteiger partial charge in [-0.25, -0.2) is 20.0 Å². The number of nitrogens with one attached hydrogen (secondary N) is 2. The minimum atomic E-state index is -0.964. The summed E-state index contributed by atoms with van der Waals surface area (Å²) in [6, 6.07) is 8.58. The number of hydrogen-bond acceptors (Lipinski definition) is 8. The minimum absolute atomic E-state index is 0.163.